The van der Waals surface area contributed by atoms with Crippen LogP contribution in [0.4, 0.5) is 4.39 Å². The van der Waals surface area contributed by atoms with E-state index in [-0.39, 0.29) is 11.9 Å². The second-order valence-electron chi connectivity index (χ2n) is 4.93. The molecular formula is C15H22FN3. The molecule has 0 aliphatic rings. The third kappa shape index (κ3) is 2.95. The van der Waals surface area contributed by atoms with E-state index in [1.165, 1.54) is 6.07 Å². The maximum atomic E-state index is 13.4. The molecule has 0 saturated carbocycles. The Labute approximate surface area is 113 Å². The summed E-state index contributed by atoms with van der Waals surface area (Å²) >= 11 is 0. The molecular weight excluding hydrogens is 241 g/mol. The second-order valence-corrected chi connectivity index (χ2v) is 4.93. The first-order valence-corrected chi connectivity index (χ1v) is 7.06. The van der Waals surface area contributed by atoms with Gasteiger partial charge in [-0.05, 0) is 44.5 Å². The lowest BCUT2D eigenvalue weighted by atomic mass is 10.3. The highest BCUT2D eigenvalue weighted by atomic mass is 19.1. The molecule has 2 rings (SSSR count). The van der Waals surface area contributed by atoms with Crippen molar-refractivity contribution in [3.05, 3.63) is 29.8 Å². The summed E-state index contributed by atoms with van der Waals surface area (Å²) < 4.78 is 15.5. The van der Waals surface area contributed by atoms with Crippen molar-refractivity contribution in [2.24, 2.45) is 0 Å². The van der Waals surface area contributed by atoms with Crippen LogP contribution in [0.25, 0.3) is 11.0 Å². The van der Waals surface area contributed by atoms with E-state index < -0.39 is 0 Å². The van der Waals surface area contributed by atoms with Crippen LogP contribution in [0.15, 0.2) is 18.2 Å². The Morgan fingerprint density at radius 1 is 1.32 bits per heavy atom. The predicted octanol–water partition coefficient (Wildman–Crippen LogP) is 3.65. The fourth-order valence-corrected chi connectivity index (χ4v) is 2.36. The van der Waals surface area contributed by atoms with E-state index in [1.54, 1.807) is 12.1 Å². The Hall–Kier alpha value is -1.42. The van der Waals surface area contributed by atoms with Gasteiger partial charge >= 0.3 is 0 Å². The zero-order chi connectivity index (χ0) is 13.8. The van der Waals surface area contributed by atoms with Crippen LogP contribution < -0.4 is 5.32 Å². The quantitative estimate of drug-likeness (QED) is 0.862. The minimum Gasteiger partial charge on any atom is -0.327 e. The van der Waals surface area contributed by atoms with E-state index in [0.29, 0.717) is 0 Å². The molecule has 1 aromatic carbocycles. The molecule has 0 aliphatic heterocycles. The second kappa shape index (κ2) is 6.15. The standard InChI is InChI=1S/C15H22FN3/c1-4-8-17-11(3)15-18-13-7-6-12(16)10-14(13)19(15)9-5-2/h6-7,10-11,17H,4-5,8-9H2,1-3H3. The van der Waals surface area contributed by atoms with Gasteiger partial charge in [0, 0.05) is 6.54 Å². The molecule has 19 heavy (non-hydrogen) atoms. The molecule has 0 fully saturated rings. The van der Waals surface area contributed by atoms with Gasteiger partial charge in [-0.2, -0.15) is 0 Å². The van der Waals surface area contributed by atoms with E-state index in [9.17, 15) is 4.39 Å². The third-order valence-electron chi connectivity index (χ3n) is 3.27. The van der Waals surface area contributed by atoms with Crippen LogP contribution in [-0.2, 0) is 6.54 Å². The summed E-state index contributed by atoms with van der Waals surface area (Å²) in [5, 5.41) is 3.45. The van der Waals surface area contributed by atoms with Crippen LogP contribution in [0.5, 0.6) is 0 Å². The Bertz CT molecular complexity index is 548. The van der Waals surface area contributed by atoms with Gasteiger partial charge in [0.25, 0.3) is 0 Å². The Balaban J connectivity index is 2.43. The predicted molar refractivity (Wildman–Crippen MR) is 76.7 cm³/mol. The summed E-state index contributed by atoms with van der Waals surface area (Å²) in [6, 6.07) is 4.99. The first kappa shape index (κ1) is 14.0. The minimum absolute atomic E-state index is 0.182. The van der Waals surface area contributed by atoms with Gasteiger partial charge in [0.1, 0.15) is 11.6 Å². The summed E-state index contributed by atoms with van der Waals surface area (Å²) in [5.74, 6) is 0.793. The first-order chi connectivity index (χ1) is 9.17. The number of benzene rings is 1. The summed E-state index contributed by atoms with van der Waals surface area (Å²) in [6.45, 7) is 8.21. The van der Waals surface area contributed by atoms with Gasteiger partial charge in [-0.3, -0.25) is 0 Å². The summed E-state index contributed by atoms with van der Waals surface area (Å²) in [4.78, 5) is 4.66. The highest BCUT2D eigenvalue weighted by Crippen LogP contribution is 2.22. The molecule has 0 bridgehead atoms. The van der Waals surface area contributed by atoms with Crippen molar-refractivity contribution in [1.29, 1.82) is 0 Å². The van der Waals surface area contributed by atoms with Gasteiger partial charge in [-0.15, -0.1) is 0 Å². The van der Waals surface area contributed by atoms with Crippen molar-refractivity contribution in [2.75, 3.05) is 6.54 Å². The van der Waals surface area contributed by atoms with Gasteiger partial charge < -0.3 is 9.88 Å². The van der Waals surface area contributed by atoms with Gasteiger partial charge in [0.05, 0.1) is 17.1 Å². The first-order valence-electron chi connectivity index (χ1n) is 7.06. The zero-order valence-corrected chi connectivity index (χ0v) is 11.9. The van der Waals surface area contributed by atoms with E-state index in [1.807, 2.05) is 0 Å². The summed E-state index contributed by atoms with van der Waals surface area (Å²) in [5.41, 5.74) is 1.76. The number of rotatable bonds is 6. The van der Waals surface area contributed by atoms with Gasteiger partial charge in [-0.25, -0.2) is 9.37 Å². The fourth-order valence-electron chi connectivity index (χ4n) is 2.36. The van der Waals surface area contributed by atoms with Gasteiger partial charge in [0.2, 0.25) is 0 Å². The van der Waals surface area contributed by atoms with Crippen LogP contribution in [0, 0.1) is 5.82 Å². The molecule has 1 N–H and O–H groups in total. The number of halogens is 1. The normalized spacial score (nSPS) is 13.1. The van der Waals surface area contributed by atoms with E-state index in [2.05, 4.69) is 35.6 Å². The third-order valence-corrected chi connectivity index (χ3v) is 3.27. The van der Waals surface area contributed by atoms with E-state index >= 15 is 0 Å². The number of hydrogen-bond acceptors (Lipinski definition) is 2. The van der Waals surface area contributed by atoms with Crippen LogP contribution in [0.1, 0.15) is 45.5 Å². The smallest absolute Gasteiger partial charge is 0.126 e. The van der Waals surface area contributed by atoms with Crippen molar-refractivity contribution in [3.8, 4) is 0 Å². The average Bonchev–Trinajstić information content (AvgIpc) is 2.75. The molecule has 0 amide bonds. The lowest BCUT2D eigenvalue weighted by Crippen LogP contribution is -2.22. The highest BCUT2D eigenvalue weighted by molar-refractivity contribution is 5.76. The minimum atomic E-state index is -0.203. The number of fused-ring (bicyclic) bond motifs is 1. The fraction of sp³-hybridized carbons (Fsp3) is 0.533. The van der Waals surface area contributed by atoms with Crippen LogP contribution in [0.3, 0.4) is 0 Å². The molecule has 2 aromatic rings. The molecule has 1 aromatic heterocycles. The average molecular weight is 263 g/mol. The molecule has 0 spiro atoms. The van der Waals surface area contributed by atoms with Crippen molar-refractivity contribution >= 4 is 11.0 Å². The lowest BCUT2D eigenvalue weighted by Gasteiger charge is -2.15. The molecule has 1 atom stereocenters. The summed E-state index contributed by atoms with van der Waals surface area (Å²) in [6.07, 6.45) is 2.10. The molecule has 1 unspecified atom stereocenters. The molecule has 1 heterocycles. The molecule has 4 heteroatoms. The number of imidazole rings is 1. The van der Waals surface area contributed by atoms with Crippen molar-refractivity contribution < 1.29 is 4.39 Å². The maximum Gasteiger partial charge on any atom is 0.126 e. The lowest BCUT2D eigenvalue weighted by molar-refractivity contribution is 0.512. The summed E-state index contributed by atoms with van der Waals surface area (Å²) in [7, 11) is 0. The van der Waals surface area contributed by atoms with Crippen LogP contribution in [0.2, 0.25) is 0 Å². The Morgan fingerprint density at radius 3 is 2.79 bits per heavy atom. The van der Waals surface area contributed by atoms with Crippen molar-refractivity contribution in [3.63, 3.8) is 0 Å². The van der Waals surface area contributed by atoms with E-state index in [0.717, 1.165) is 42.8 Å². The topological polar surface area (TPSA) is 29.9 Å². The molecule has 0 aliphatic carbocycles. The monoisotopic (exact) mass is 263 g/mol. The number of nitrogens with zero attached hydrogens (tertiary/aromatic N) is 2. The van der Waals surface area contributed by atoms with E-state index in [4.69, 9.17) is 0 Å². The SMILES string of the molecule is CCCNC(C)c1nc2ccc(F)cc2n1CCC. The van der Waals surface area contributed by atoms with Gasteiger partial charge in [-0.1, -0.05) is 13.8 Å². The van der Waals surface area contributed by atoms with Crippen molar-refractivity contribution in [1.82, 2.24) is 14.9 Å². The molecule has 0 saturated heterocycles. The Morgan fingerprint density at radius 2 is 2.11 bits per heavy atom. The Kier molecular flexibility index (Phi) is 4.53. The van der Waals surface area contributed by atoms with Crippen LogP contribution in [-0.4, -0.2) is 16.1 Å². The molecule has 104 valence electrons. The number of aromatic nitrogens is 2. The zero-order valence-electron chi connectivity index (χ0n) is 11.9. The maximum absolute atomic E-state index is 13.4. The molecule has 0 radical (unpaired) electrons. The largest absolute Gasteiger partial charge is 0.327 e. The number of aryl methyl sites for hydroxylation is 1. The molecule has 3 nitrogen and oxygen atoms in total. The van der Waals surface area contributed by atoms with Crippen molar-refractivity contribution in [2.45, 2.75) is 46.2 Å². The van der Waals surface area contributed by atoms with Crippen LogP contribution >= 0.6 is 0 Å². The number of nitrogens with one attached hydrogen (secondary N) is 1. The number of hydrogen-bond donors (Lipinski definition) is 1. The highest BCUT2D eigenvalue weighted by Gasteiger charge is 2.15. The van der Waals surface area contributed by atoms with Gasteiger partial charge in [0.15, 0.2) is 0 Å².